The molecule has 0 saturated heterocycles. The average Bonchev–Trinajstić information content (AvgIpc) is 2.11. The maximum absolute atomic E-state index is 13.2. The van der Waals surface area contributed by atoms with Crippen LogP contribution in [0.5, 0.6) is 0 Å². The highest BCUT2D eigenvalue weighted by Gasteiger charge is 2.22. The van der Waals surface area contributed by atoms with Gasteiger partial charge in [-0.05, 0) is 13.8 Å². The second kappa shape index (κ2) is 2.22. The van der Waals surface area contributed by atoms with Gasteiger partial charge < -0.3 is 5.73 Å². The van der Waals surface area contributed by atoms with Gasteiger partial charge in [0.15, 0.2) is 0 Å². The van der Waals surface area contributed by atoms with E-state index in [4.69, 9.17) is 5.73 Å². The molecule has 4 heteroatoms. The maximum Gasteiger partial charge on any atom is 0.149 e. The van der Waals surface area contributed by atoms with Crippen LogP contribution in [0.25, 0.3) is 0 Å². The van der Waals surface area contributed by atoms with Gasteiger partial charge in [-0.1, -0.05) is 0 Å². The number of nitrogens with zero attached hydrogens (tertiary/aromatic N) is 2. The lowest BCUT2D eigenvalue weighted by Gasteiger charge is -2.08. The van der Waals surface area contributed by atoms with Crippen molar-refractivity contribution >= 4 is 5.82 Å². The van der Waals surface area contributed by atoms with Crippen LogP contribution in [0.1, 0.15) is 19.5 Å². The van der Waals surface area contributed by atoms with Crippen molar-refractivity contribution in [1.82, 2.24) is 9.78 Å². The number of aromatic nitrogens is 2. The number of halogens is 1. The van der Waals surface area contributed by atoms with Gasteiger partial charge in [0.2, 0.25) is 0 Å². The molecule has 0 spiro atoms. The molecule has 3 nitrogen and oxygen atoms in total. The standard InChI is InChI=1S/C7H12FN3/c1-7(2,8)5-4-6(9)11(3)10-5/h4H,9H2,1-3H3. The summed E-state index contributed by atoms with van der Waals surface area (Å²) in [6.07, 6.45) is 0. The molecule has 62 valence electrons. The molecule has 0 aromatic carbocycles. The van der Waals surface area contributed by atoms with Gasteiger partial charge in [-0.2, -0.15) is 5.10 Å². The minimum atomic E-state index is -1.41. The lowest BCUT2D eigenvalue weighted by Crippen LogP contribution is -2.10. The second-order valence-corrected chi connectivity index (χ2v) is 3.05. The minimum absolute atomic E-state index is 0.373. The molecule has 0 bridgehead atoms. The summed E-state index contributed by atoms with van der Waals surface area (Å²) in [4.78, 5) is 0. The number of nitrogen functional groups attached to an aromatic ring is 1. The molecule has 1 heterocycles. The Labute approximate surface area is 65.0 Å². The SMILES string of the molecule is Cn1nc(C(C)(C)F)cc1N. The second-order valence-electron chi connectivity index (χ2n) is 3.05. The quantitative estimate of drug-likeness (QED) is 0.665. The third-order valence-electron chi connectivity index (χ3n) is 1.53. The van der Waals surface area contributed by atoms with Gasteiger partial charge in [0.1, 0.15) is 17.2 Å². The Kier molecular flexibility index (Phi) is 1.62. The van der Waals surface area contributed by atoms with E-state index in [9.17, 15) is 4.39 Å². The Balaban J connectivity index is 3.08. The summed E-state index contributed by atoms with van der Waals surface area (Å²) < 4.78 is 14.6. The normalized spacial score (nSPS) is 12.0. The molecule has 0 saturated carbocycles. The van der Waals surface area contributed by atoms with E-state index in [-0.39, 0.29) is 0 Å². The van der Waals surface area contributed by atoms with Crippen LogP contribution >= 0.6 is 0 Å². The summed E-state index contributed by atoms with van der Waals surface area (Å²) in [6, 6.07) is 1.54. The molecule has 0 aliphatic heterocycles. The summed E-state index contributed by atoms with van der Waals surface area (Å²) in [6.45, 7) is 2.91. The Hall–Kier alpha value is -1.06. The Morgan fingerprint density at radius 3 is 2.36 bits per heavy atom. The first kappa shape index (κ1) is 8.04. The molecule has 2 N–H and O–H groups in total. The predicted molar refractivity (Wildman–Crippen MR) is 41.8 cm³/mol. The first-order chi connectivity index (χ1) is 4.91. The zero-order valence-electron chi connectivity index (χ0n) is 6.93. The fourth-order valence-corrected chi connectivity index (χ4v) is 0.772. The Morgan fingerprint density at radius 2 is 2.18 bits per heavy atom. The number of hydrogen-bond acceptors (Lipinski definition) is 2. The maximum atomic E-state index is 13.2. The van der Waals surface area contributed by atoms with Crippen LogP contribution in [0.15, 0.2) is 6.07 Å². The van der Waals surface area contributed by atoms with E-state index < -0.39 is 5.67 Å². The van der Waals surface area contributed by atoms with Crippen LogP contribution < -0.4 is 5.73 Å². The number of anilines is 1. The third-order valence-corrected chi connectivity index (χ3v) is 1.53. The Bertz CT molecular complexity index is 240. The van der Waals surface area contributed by atoms with Gasteiger partial charge in [-0.25, -0.2) is 4.39 Å². The highest BCUT2D eigenvalue weighted by atomic mass is 19.1. The molecule has 1 rings (SSSR count). The topological polar surface area (TPSA) is 43.8 Å². The molecule has 0 radical (unpaired) electrons. The van der Waals surface area contributed by atoms with Crippen LogP contribution in [-0.2, 0) is 12.7 Å². The van der Waals surface area contributed by atoms with Gasteiger partial charge >= 0.3 is 0 Å². The van der Waals surface area contributed by atoms with Gasteiger partial charge in [0.05, 0.1) is 0 Å². The van der Waals surface area contributed by atoms with Crippen molar-refractivity contribution < 1.29 is 4.39 Å². The molecule has 0 amide bonds. The molecule has 0 unspecified atom stereocenters. The van der Waals surface area contributed by atoms with Crippen molar-refractivity contribution in [2.75, 3.05) is 5.73 Å². The van der Waals surface area contributed by atoms with Crippen LogP contribution in [0.2, 0.25) is 0 Å². The third kappa shape index (κ3) is 1.50. The Morgan fingerprint density at radius 1 is 1.64 bits per heavy atom. The number of rotatable bonds is 1. The molecular weight excluding hydrogens is 145 g/mol. The zero-order valence-corrected chi connectivity index (χ0v) is 6.93. The monoisotopic (exact) mass is 157 g/mol. The van der Waals surface area contributed by atoms with Crippen LogP contribution in [-0.4, -0.2) is 9.78 Å². The van der Waals surface area contributed by atoms with E-state index in [1.807, 2.05) is 0 Å². The van der Waals surface area contributed by atoms with E-state index in [1.54, 1.807) is 13.1 Å². The predicted octanol–water partition coefficient (Wildman–Crippen LogP) is 1.21. The van der Waals surface area contributed by atoms with Crippen LogP contribution in [0, 0.1) is 0 Å². The van der Waals surface area contributed by atoms with E-state index in [1.165, 1.54) is 18.5 Å². The molecular formula is C7H12FN3. The van der Waals surface area contributed by atoms with E-state index in [2.05, 4.69) is 5.10 Å². The summed E-state index contributed by atoms with van der Waals surface area (Å²) in [5.74, 6) is 0.478. The fourth-order valence-electron chi connectivity index (χ4n) is 0.772. The highest BCUT2D eigenvalue weighted by molar-refractivity contribution is 5.32. The average molecular weight is 157 g/mol. The molecule has 0 aliphatic carbocycles. The molecule has 11 heavy (non-hydrogen) atoms. The van der Waals surface area contributed by atoms with Gasteiger partial charge in [0.25, 0.3) is 0 Å². The van der Waals surface area contributed by atoms with Gasteiger partial charge in [-0.15, -0.1) is 0 Å². The lowest BCUT2D eigenvalue weighted by atomic mass is 10.1. The molecule has 0 aliphatic rings. The molecule has 1 aromatic rings. The number of aryl methyl sites for hydroxylation is 1. The highest BCUT2D eigenvalue weighted by Crippen LogP contribution is 2.23. The zero-order chi connectivity index (χ0) is 8.65. The van der Waals surface area contributed by atoms with Gasteiger partial charge in [0, 0.05) is 13.1 Å². The summed E-state index contributed by atoms with van der Waals surface area (Å²) >= 11 is 0. The summed E-state index contributed by atoms with van der Waals surface area (Å²) in [5, 5.41) is 3.90. The summed E-state index contributed by atoms with van der Waals surface area (Å²) in [5.41, 5.74) is 4.44. The molecule has 0 atom stereocenters. The van der Waals surface area contributed by atoms with Crippen molar-refractivity contribution in [2.24, 2.45) is 7.05 Å². The van der Waals surface area contributed by atoms with E-state index in [0.717, 1.165) is 0 Å². The van der Waals surface area contributed by atoms with Crippen molar-refractivity contribution in [1.29, 1.82) is 0 Å². The van der Waals surface area contributed by atoms with E-state index >= 15 is 0 Å². The lowest BCUT2D eigenvalue weighted by molar-refractivity contribution is 0.213. The molecule has 0 fully saturated rings. The smallest absolute Gasteiger partial charge is 0.149 e. The number of hydrogen-bond donors (Lipinski definition) is 1. The first-order valence-electron chi connectivity index (χ1n) is 3.40. The minimum Gasteiger partial charge on any atom is -0.384 e. The largest absolute Gasteiger partial charge is 0.384 e. The van der Waals surface area contributed by atoms with E-state index in [0.29, 0.717) is 11.5 Å². The van der Waals surface area contributed by atoms with Crippen LogP contribution in [0.4, 0.5) is 10.2 Å². The van der Waals surface area contributed by atoms with Crippen molar-refractivity contribution in [3.8, 4) is 0 Å². The number of nitrogens with two attached hydrogens (primary N) is 1. The van der Waals surface area contributed by atoms with Crippen molar-refractivity contribution in [3.63, 3.8) is 0 Å². The number of alkyl halides is 1. The summed E-state index contributed by atoms with van der Waals surface area (Å²) in [7, 11) is 1.69. The van der Waals surface area contributed by atoms with Crippen LogP contribution in [0.3, 0.4) is 0 Å². The molecule has 1 aromatic heterocycles. The fraction of sp³-hybridized carbons (Fsp3) is 0.571. The van der Waals surface area contributed by atoms with Crippen molar-refractivity contribution in [3.05, 3.63) is 11.8 Å². The first-order valence-corrected chi connectivity index (χ1v) is 3.40. The van der Waals surface area contributed by atoms with Crippen molar-refractivity contribution in [2.45, 2.75) is 19.5 Å². The van der Waals surface area contributed by atoms with Gasteiger partial charge in [-0.3, -0.25) is 4.68 Å².